The van der Waals surface area contributed by atoms with Crippen molar-refractivity contribution < 1.29 is 14.9 Å². The fourth-order valence-corrected chi connectivity index (χ4v) is 3.62. The number of nitrogen functional groups attached to an aromatic ring is 1. The monoisotopic (exact) mass is 461 g/mol. The van der Waals surface area contributed by atoms with Crippen molar-refractivity contribution in [2.75, 3.05) is 18.8 Å². The summed E-state index contributed by atoms with van der Waals surface area (Å²) >= 11 is 0. The van der Waals surface area contributed by atoms with Gasteiger partial charge in [-0.1, -0.05) is 24.3 Å². The first-order chi connectivity index (χ1) is 16.6. The summed E-state index contributed by atoms with van der Waals surface area (Å²) < 4.78 is 5.84. The predicted octanol–water partition coefficient (Wildman–Crippen LogP) is 3.66. The Morgan fingerprint density at radius 3 is 2.47 bits per heavy atom. The number of nitrogens with zero attached hydrogens (tertiary/aromatic N) is 3. The number of hydrogen-bond acceptors (Lipinski definition) is 8. The third-order valence-electron chi connectivity index (χ3n) is 5.90. The lowest BCUT2D eigenvalue weighted by Gasteiger charge is -2.25. The molecule has 34 heavy (non-hydrogen) atoms. The molecule has 1 aromatic carbocycles. The van der Waals surface area contributed by atoms with Crippen LogP contribution in [0.25, 0.3) is 23.4 Å². The highest BCUT2D eigenvalue weighted by Gasteiger charge is 2.19. The zero-order valence-electron chi connectivity index (χ0n) is 19.1. The van der Waals surface area contributed by atoms with Crippen molar-refractivity contribution in [2.24, 2.45) is 0 Å². The Morgan fingerprint density at radius 2 is 1.79 bits per heavy atom. The fourth-order valence-electron chi connectivity index (χ4n) is 3.62. The standard InChI is InChI=1S/C21H20N4O2.C5H11NO/c22-21-15(13-18(24-25-21)17-6-1-2-7-19(17)26)9-8-14-10-11-23-20(12-14)27-16-4-3-5-16;7-5-1-3-6-4-2-5/h1-2,6-13,16,26H,3-5H2,(H2,22,25);5-7H,1-4H2/b9-8+;. The number of hydrogen-bond donors (Lipinski definition) is 4. The third kappa shape index (κ3) is 6.52. The molecule has 5 N–H and O–H groups in total. The van der Waals surface area contributed by atoms with Crippen LogP contribution in [0.2, 0.25) is 0 Å². The molecule has 0 spiro atoms. The number of anilines is 1. The summed E-state index contributed by atoms with van der Waals surface area (Å²) in [7, 11) is 0. The van der Waals surface area contributed by atoms with Gasteiger partial charge in [-0.2, -0.15) is 0 Å². The van der Waals surface area contributed by atoms with Gasteiger partial charge in [0.15, 0.2) is 5.82 Å². The second-order valence-electron chi connectivity index (χ2n) is 8.50. The summed E-state index contributed by atoms with van der Waals surface area (Å²) in [6, 6.07) is 12.6. The van der Waals surface area contributed by atoms with Crippen LogP contribution in [0.15, 0.2) is 48.7 Å². The van der Waals surface area contributed by atoms with Gasteiger partial charge >= 0.3 is 0 Å². The van der Waals surface area contributed by atoms with Gasteiger partial charge in [-0.3, -0.25) is 0 Å². The van der Waals surface area contributed by atoms with Crippen LogP contribution in [-0.4, -0.2) is 50.7 Å². The maximum Gasteiger partial charge on any atom is 0.214 e. The van der Waals surface area contributed by atoms with Crippen LogP contribution in [0.5, 0.6) is 11.6 Å². The molecular weight excluding hydrogens is 430 g/mol. The summed E-state index contributed by atoms with van der Waals surface area (Å²) in [6.07, 6.45) is 11.1. The molecule has 1 aliphatic carbocycles. The highest BCUT2D eigenvalue weighted by molar-refractivity contribution is 5.77. The number of aromatic nitrogens is 3. The minimum atomic E-state index is -0.0266. The Labute approximate surface area is 199 Å². The summed E-state index contributed by atoms with van der Waals surface area (Å²) in [5.74, 6) is 1.11. The summed E-state index contributed by atoms with van der Waals surface area (Å²) in [6.45, 7) is 1.97. The van der Waals surface area contributed by atoms with Crippen molar-refractivity contribution in [2.45, 2.75) is 44.3 Å². The average molecular weight is 462 g/mol. The first-order valence-electron chi connectivity index (χ1n) is 11.7. The minimum Gasteiger partial charge on any atom is -0.507 e. The van der Waals surface area contributed by atoms with Gasteiger partial charge in [0, 0.05) is 23.4 Å². The molecule has 5 rings (SSSR count). The molecule has 8 heteroatoms. The number of phenolic OH excluding ortho intramolecular Hbond substituents is 1. The van der Waals surface area contributed by atoms with Gasteiger partial charge in [0.2, 0.25) is 5.88 Å². The number of piperidine rings is 1. The van der Waals surface area contributed by atoms with Gasteiger partial charge in [-0.25, -0.2) is 4.98 Å². The smallest absolute Gasteiger partial charge is 0.214 e. The van der Waals surface area contributed by atoms with E-state index in [9.17, 15) is 5.11 Å². The number of nitrogens with two attached hydrogens (primary N) is 1. The van der Waals surface area contributed by atoms with E-state index in [0.29, 0.717) is 23.0 Å². The molecule has 0 amide bonds. The quantitative estimate of drug-likeness (QED) is 0.453. The summed E-state index contributed by atoms with van der Waals surface area (Å²) in [5, 5.41) is 30.1. The molecule has 0 unspecified atom stereocenters. The molecule has 3 heterocycles. The molecular formula is C26H31N5O3. The lowest BCUT2D eigenvalue weighted by atomic mass is 9.96. The van der Waals surface area contributed by atoms with Gasteiger partial charge in [0.25, 0.3) is 0 Å². The number of phenols is 1. The van der Waals surface area contributed by atoms with E-state index in [4.69, 9.17) is 15.6 Å². The molecule has 0 radical (unpaired) electrons. The van der Waals surface area contributed by atoms with Crippen molar-refractivity contribution in [3.63, 3.8) is 0 Å². The van der Waals surface area contributed by atoms with Crippen molar-refractivity contribution in [3.8, 4) is 22.9 Å². The van der Waals surface area contributed by atoms with Gasteiger partial charge in [0.05, 0.1) is 11.8 Å². The van der Waals surface area contributed by atoms with Crippen LogP contribution >= 0.6 is 0 Å². The Kier molecular flexibility index (Phi) is 8.06. The Hall–Kier alpha value is -3.49. The number of ether oxygens (including phenoxy) is 1. The number of benzene rings is 1. The van der Waals surface area contributed by atoms with Gasteiger partial charge in [-0.15, -0.1) is 10.2 Å². The number of rotatable bonds is 5. The van der Waals surface area contributed by atoms with E-state index in [1.54, 1.807) is 30.5 Å². The van der Waals surface area contributed by atoms with Crippen molar-refractivity contribution in [3.05, 3.63) is 59.8 Å². The largest absolute Gasteiger partial charge is 0.507 e. The molecule has 3 aromatic rings. The molecule has 1 aliphatic heterocycles. The predicted molar refractivity (Wildman–Crippen MR) is 133 cm³/mol. The number of aliphatic hydroxyl groups is 1. The molecule has 0 bridgehead atoms. The van der Waals surface area contributed by atoms with E-state index in [2.05, 4.69) is 20.5 Å². The van der Waals surface area contributed by atoms with E-state index in [-0.39, 0.29) is 18.0 Å². The summed E-state index contributed by atoms with van der Waals surface area (Å²) in [4.78, 5) is 4.27. The first-order valence-corrected chi connectivity index (χ1v) is 11.7. The molecule has 1 saturated carbocycles. The van der Waals surface area contributed by atoms with Crippen LogP contribution in [-0.2, 0) is 0 Å². The normalized spacial score (nSPS) is 16.5. The van der Waals surface area contributed by atoms with Crippen molar-refractivity contribution in [1.82, 2.24) is 20.5 Å². The topological polar surface area (TPSA) is 126 Å². The third-order valence-corrected chi connectivity index (χ3v) is 5.90. The fraction of sp³-hybridized carbons (Fsp3) is 0.346. The zero-order valence-corrected chi connectivity index (χ0v) is 19.1. The Bertz CT molecular complexity index is 1110. The van der Waals surface area contributed by atoms with Crippen molar-refractivity contribution in [1.29, 1.82) is 0 Å². The Balaban J connectivity index is 0.000000336. The zero-order chi connectivity index (χ0) is 23.8. The van der Waals surface area contributed by atoms with Crippen LogP contribution < -0.4 is 15.8 Å². The first kappa shape index (κ1) is 23.7. The molecule has 2 aliphatic rings. The number of para-hydroxylation sites is 1. The van der Waals surface area contributed by atoms with E-state index in [1.807, 2.05) is 30.4 Å². The van der Waals surface area contributed by atoms with E-state index >= 15 is 0 Å². The van der Waals surface area contributed by atoms with Crippen LogP contribution in [0.4, 0.5) is 5.82 Å². The van der Waals surface area contributed by atoms with Gasteiger partial charge < -0.3 is 26.0 Å². The molecule has 178 valence electrons. The minimum absolute atomic E-state index is 0.0266. The van der Waals surface area contributed by atoms with E-state index < -0.39 is 0 Å². The number of nitrogens with one attached hydrogen (secondary N) is 1. The van der Waals surface area contributed by atoms with Gasteiger partial charge in [-0.05, 0) is 75.0 Å². The number of pyridine rings is 1. The second kappa shape index (κ2) is 11.6. The molecule has 8 nitrogen and oxygen atoms in total. The van der Waals surface area contributed by atoms with Crippen LogP contribution in [0, 0.1) is 0 Å². The number of aliphatic hydroxyl groups excluding tert-OH is 1. The summed E-state index contributed by atoms with van der Waals surface area (Å²) in [5.41, 5.74) is 8.82. The van der Waals surface area contributed by atoms with Crippen LogP contribution in [0.3, 0.4) is 0 Å². The SMILES string of the molecule is Nc1nnc(-c2ccccc2O)cc1/C=C/c1ccnc(OC2CCC2)c1.OC1CCNCC1. The molecule has 2 fully saturated rings. The lowest BCUT2D eigenvalue weighted by molar-refractivity contribution is 0.114. The van der Waals surface area contributed by atoms with Gasteiger partial charge in [0.1, 0.15) is 11.9 Å². The van der Waals surface area contributed by atoms with Crippen molar-refractivity contribution >= 4 is 18.0 Å². The lowest BCUT2D eigenvalue weighted by Crippen LogP contribution is -2.30. The highest BCUT2D eigenvalue weighted by Crippen LogP contribution is 2.29. The molecule has 0 atom stereocenters. The maximum atomic E-state index is 10.0. The van der Waals surface area contributed by atoms with E-state index in [1.165, 1.54) is 6.42 Å². The molecule has 1 saturated heterocycles. The highest BCUT2D eigenvalue weighted by atomic mass is 16.5. The Morgan fingerprint density at radius 1 is 1.00 bits per heavy atom. The van der Waals surface area contributed by atoms with Crippen LogP contribution in [0.1, 0.15) is 43.2 Å². The molecule has 2 aromatic heterocycles. The second-order valence-corrected chi connectivity index (χ2v) is 8.50. The maximum absolute atomic E-state index is 10.0. The number of aromatic hydroxyl groups is 1. The average Bonchev–Trinajstić information content (AvgIpc) is 2.83. The van der Waals surface area contributed by atoms with E-state index in [0.717, 1.165) is 49.9 Å².